The summed E-state index contributed by atoms with van der Waals surface area (Å²) < 4.78 is 39.9. The number of alkyl halides is 2. The summed E-state index contributed by atoms with van der Waals surface area (Å²) >= 11 is 0. The first-order valence-corrected chi connectivity index (χ1v) is 7.54. The molecule has 0 saturated carbocycles. The van der Waals surface area contributed by atoms with Crippen molar-refractivity contribution in [3.8, 4) is 23.3 Å². The van der Waals surface area contributed by atoms with E-state index in [0.29, 0.717) is 11.3 Å². The van der Waals surface area contributed by atoms with Gasteiger partial charge in [-0.3, -0.25) is 4.79 Å². The number of rotatable bonds is 7. The van der Waals surface area contributed by atoms with Crippen molar-refractivity contribution in [2.45, 2.75) is 19.6 Å². The van der Waals surface area contributed by atoms with Crippen LogP contribution in [0.2, 0.25) is 0 Å². The van der Waals surface area contributed by atoms with E-state index in [1.165, 1.54) is 50.4 Å². The third-order valence-electron chi connectivity index (χ3n) is 3.33. The van der Waals surface area contributed by atoms with Crippen LogP contribution in [0.4, 0.5) is 14.5 Å². The standard InChI is InChI=1S/C18H16F2N2O4/c1-11(25-15-8-7-12(10-21)9-16(15)24-2)17(23)22-13-5-3-4-6-14(13)26-18(19)20/h3-9,11,18H,1-2H3,(H,22,23)/t11-/m1/s1. The second-order valence-electron chi connectivity index (χ2n) is 5.10. The molecule has 0 aliphatic heterocycles. The lowest BCUT2D eigenvalue weighted by molar-refractivity contribution is -0.122. The summed E-state index contributed by atoms with van der Waals surface area (Å²) in [6.45, 7) is -1.52. The van der Waals surface area contributed by atoms with Gasteiger partial charge in [0.05, 0.1) is 24.4 Å². The van der Waals surface area contributed by atoms with Crippen LogP contribution in [0.1, 0.15) is 12.5 Å². The summed E-state index contributed by atoms with van der Waals surface area (Å²) in [7, 11) is 1.41. The van der Waals surface area contributed by atoms with E-state index in [0.717, 1.165) is 0 Å². The number of carbonyl (C=O) groups excluding carboxylic acids is 1. The van der Waals surface area contributed by atoms with Crippen molar-refractivity contribution in [2.75, 3.05) is 12.4 Å². The summed E-state index contributed by atoms with van der Waals surface area (Å²) in [6.07, 6.45) is -0.962. The summed E-state index contributed by atoms with van der Waals surface area (Å²) in [5.74, 6) is -0.155. The molecule has 0 unspecified atom stereocenters. The van der Waals surface area contributed by atoms with Gasteiger partial charge in [-0.2, -0.15) is 14.0 Å². The smallest absolute Gasteiger partial charge is 0.387 e. The molecule has 2 rings (SSSR count). The largest absolute Gasteiger partial charge is 0.493 e. The maximum absolute atomic E-state index is 12.4. The fourth-order valence-electron chi connectivity index (χ4n) is 2.08. The number of nitrogens with zero attached hydrogens (tertiary/aromatic N) is 1. The third kappa shape index (κ3) is 4.83. The molecule has 0 heterocycles. The molecule has 0 aliphatic rings. The highest BCUT2D eigenvalue weighted by molar-refractivity contribution is 5.95. The first-order valence-electron chi connectivity index (χ1n) is 7.54. The number of methoxy groups -OCH3 is 1. The molecule has 0 radical (unpaired) electrons. The third-order valence-corrected chi connectivity index (χ3v) is 3.33. The Morgan fingerprint density at radius 1 is 1.12 bits per heavy atom. The number of para-hydroxylation sites is 2. The van der Waals surface area contributed by atoms with Gasteiger partial charge >= 0.3 is 6.61 Å². The maximum atomic E-state index is 12.4. The molecule has 0 aromatic heterocycles. The van der Waals surface area contributed by atoms with Crippen LogP contribution in [0.15, 0.2) is 42.5 Å². The molecule has 0 spiro atoms. The van der Waals surface area contributed by atoms with Crippen LogP contribution in [-0.4, -0.2) is 25.7 Å². The molecule has 26 heavy (non-hydrogen) atoms. The number of benzene rings is 2. The van der Waals surface area contributed by atoms with Crippen LogP contribution in [-0.2, 0) is 4.79 Å². The van der Waals surface area contributed by atoms with Gasteiger partial charge in [-0.1, -0.05) is 12.1 Å². The van der Waals surface area contributed by atoms with Gasteiger partial charge in [0.2, 0.25) is 0 Å². The van der Waals surface area contributed by atoms with Gasteiger partial charge < -0.3 is 19.5 Å². The number of nitrogens with one attached hydrogen (secondary N) is 1. The Bertz CT molecular complexity index is 821. The molecule has 8 heteroatoms. The zero-order valence-electron chi connectivity index (χ0n) is 14.0. The predicted molar refractivity (Wildman–Crippen MR) is 89.5 cm³/mol. The predicted octanol–water partition coefficient (Wildman–Crippen LogP) is 3.57. The summed E-state index contributed by atoms with van der Waals surface area (Å²) in [4.78, 5) is 12.3. The van der Waals surface area contributed by atoms with Gasteiger partial charge in [0.1, 0.15) is 5.75 Å². The normalized spacial score (nSPS) is 11.4. The summed E-state index contributed by atoms with van der Waals surface area (Å²) in [5, 5.41) is 11.4. The molecule has 1 atom stereocenters. The molecule has 0 fully saturated rings. The van der Waals surface area contributed by atoms with Crippen LogP contribution in [0.5, 0.6) is 17.2 Å². The molecule has 0 aliphatic carbocycles. The van der Waals surface area contributed by atoms with Crippen molar-refractivity contribution in [3.63, 3.8) is 0 Å². The maximum Gasteiger partial charge on any atom is 0.387 e. The fraction of sp³-hybridized carbons (Fsp3) is 0.222. The number of ether oxygens (including phenoxy) is 3. The van der Waals surface area contributed by atoms with Gasteiger partial charge in [0, 0.05) is 6.07 Å². The Hall–Kier alpha value is -3.34. The van der Waals surface area contributed by atoms with Gasteiger partial charge in [-0.25, -0.2) is 0 Å². The number of hydrogen-bond acceptors (Lipinski definition) is 5. The molecule has 2 aromatic rings. The number of hydrogen-bond donors (Lipinski definition) is 1. The summed E-state index contributed by atoms with van der Waals surface area (Å²) in [5.41, 5.74) is 0.476. The molecule has 0 saturated heterocycles. The Labute approximate surface area is 148 Å². The Morgan fingerprint density at radius 3 is 2.50 bits per heavy atom. The number of amides is 1. The SMILES string of the molecule is COc1cc(C#N)ccc1O[C@H](C)C(=O)Nc1ccccc1OC(F)F. The minimum Gasteiger partial charge on any atom is -0.493 e. The first kappa shape index (κ1) is 19.0. The van der Waals surface area contributed by atoms with Crippen molar-refractivity contribution >= 4 is 11.6 Å². The zero-order chi connectivity index (χ0) is 19.1. The lowest BCUT2D eigenvalue weighted by Crippen LogP contribution is -2.30. The second kappa shape index (κ2) is 8.67. The topological polar surface area (TPSA) is 80.6 Å². The number of carbonyl (C=O) groups is 1. The van der Waals surface area contributed by atoms with Crippen LogP contribution in [0.25, 0.3) is 0 Å². The molecule has 1 N–H and O–H groups in total. The van der Waals surface area contributed by atoms with E-state index < -0.39 is 18.6 Å². The van der Waals surface area contributed by atoms with Gasteiger partial charge in [-0.15, -0.1) is 0 Å². The van der Waals surface area contributed by atoms with Gasteiger partial charge in [0.25, 0.3) is 5.91 Å². The first-order chi connectivity index (χ1) is 12.4. The van der Waals surface area contributed by atoms with E-state index >= 15 is 0 Å². The molecule has 0 bridgehead atoms. The molecule has 2 aromatic carbocycles. The molecular weight excluding hydrogens is 346 g/mol. The van der Waals surface area contributed by atoms with E-state index in [1.807, 2.05) is 6.07 Å². The molecule has 1 amide bonds. The number of halogens is 2. The Morgan fingerprint density at radius 2 is 1.85 bits per heavy atom. The van der Waals surface area contributed by atoms with Crippen molar-refractivity contribution in [2.24, 2.45) is 0 Å². The van der Waals surface area contributed by atoms with E-state index in [1.54, 1.807) is 6.07 Å². The monoisotopic (exact) mass is 362 g/mol. The van der Waals surface area contributed by atoms with Crippen molar-refractivity contribution in [1.29, 1.82) is 5.26 Å². The van der Waals surface area contributed by atoms with Crippen molar-refractivity contribution in [3.05, 3.63) is 48.0 Å². The second-order valence-corrected chi connectivity index (χ2v) is 5.10. The zero-order valence-corrected chi connectivity index (χ0v) is 14.0. The van der Waals surface area contributed by atoms with E-state index in [4.69, 9.17) is 14.7 Å². The average Bonchev–Trinajstić information content (AvgIpc) is 2.63. The Balaban J connectivity index is 2.11. The molecular formula is C18H16F2N2O4. The van der Waals surface area contributed by atoms with E-state index in [-0.39, 0.29) is 17.2 Å². The van der Waals surface area contributed by atoms with E-state index in [2.05, 4.69) is 10.1 Å². The number of anilines is 1. The van der Waals surface area contributed by atoms with Gasteiger partial charge in [0.15, 0.2) is 17.6 Å². The summed E-state index contributed by atoms with van der Waals surface area (Å²) in [6, 6.07) is 12.3. The fourth-order valence-corrected chi connectivity index (χ4v) is 2.08. The molecule has 136 valence electrons. The van der Waals surface area contributed by atoms with Crippen LogP contribution < -0.4 is 19.5 Å². The van der Waals surface area contributed by atoms with Crippen LogP contribution in [0.3, 0.4) is 0 Å². The average molecular weight is 362 g/mol. The highest BCUT2D eigenvalue weighted by Gasteiger charge is 2.19. The van der Waals surface area contributed by atoms with Crippen LogP contribution in [0, 0.1) is 11.3 Å². The highest BCUT2D eigenvalue weighted by atomic mass is 19.3. The lowest BCUT2D eigenvalue weighted by Gasteiger charge is -2.18. The van der Waals surface area contributed by atoms with E-state index in [9.17, 15) is 13.6 Å². The Kier molecular flexibility index (Phi) is 6.33. The van der Waals surface area contributed by atoms with Gasteiger partial charge in [-0.05, 0) is 31.2 Å². The number of nitriles is 1. The minimum absolute atomic E-state index is 0.0973. The van der Waals surface area contributed by atoms with Crippen molar-refractivity contribution in [1.82, 2.24) is 0 Å². The minimum atomic E-state index is -3.01. The highest BCUT2D eigenvalue weighted by Crippen LogP contribution is 2.29. The quantitative estimate of drug-likeness (QED) is 0.814. The lowest BCUT2D eigenvalue weighted by atomic mass is 10.2. The molecule has 6 nitrogen and oxygen atoms in total. The van der Waals surface area contributed by atoms with Crippen molar-refractivity contribution < 1.29 is 27.8 Å². The van der Waals surface area contributed by atoms with Crippen LogP contribution >= 0.6 is 0 Å².